The number of hydrogen-bond acceptors (Lipinski definition) is 26. The van der Waals surface area contributed by atoms with Crippen LogP contribution in [0, 0.1) is 5.92 Å². The van der Waals surface area contributed by atoms with E-state index in [-0.39, 0.29) is 59.4 Å². The Morgan fingerprint density at radius 2 is 1.13 bits per heavy atom. The fourth-order valence-corrected chi connectivity index (χ4v) is 10.4. The van der Waals surface area contributed by atoms with E-state index in [4.69, 9.17) is 31.4 Å². The zero-order valence-corrected chi connectivity index (χ0v) is 48.6. The monoisotopic (exact) mass is 1230 g/mol. The number of hydrogen-bond donors (Lipinski definition) is 7. The standard InChI is InChI=1S/C22H29N9O2.C22H26N8O3.C14H10F2N6O2/c23-21-27-22(26-17-3-5-18(6-4-17)29-8-10-33-11-9-29)28-31(21)20-12-19(24-15-25-20)30-7-1-2-16(13-30)14-32;23-21-26-22(25-17-2-4-18(5-3-17)28-7-11-32-12-8-28)27-30(21)19-6-1-16(15-24-19)20(31)29-9-13-33-14-10-29;15-14(16)23-9-5-3-4-8(11(9)24-14)19-13-20-12(17)22(21-13)10-6-1-2-7-18-10/h3-6,12,15-16,32H,1-2,7-11,13-14H2,(H3,23,26,27,28);1-6,15H,7-14H2,(H3,23,25,26,27);1-7H,(H3,17,19,20,21)/t16-;;/m1../s1. The molecule has 14 rings (SSSR count). The van der Waals surface area contributed by atoms with E-state index in [0.29, 0.717) is 61.2 Å². The van der Waals surface area contributed by atoms with Crippen molar-refractivity contribution in [3.05, 3.63) is 127 Å². The van der Waals surface area contributed by atoms with Gasteiger partial charge in [0.05, 0.1) is 50.9 Å². The fourth-order valence-electron chi connectivity index (χ4n) is 10.4. The number of nitrogens with one attached hydrogen (secondary N) is 3. The lowest BCUT2D eigenvalue weighted by atomic mass is 9.99. The Morgan fingerprint density at radius 3 is 1.69 bits per heavy atom. The van der Waals surface area contributed by atoms with Crippen molar-refractivity contribution in [2.24, 2.45) is 5.92 Å². The van der Waals surface area contributed by atoms with E-state index in [2.05, 4.69) is 115 Å². The van der Waals surface area contributed by atoms with Crippen molar-refractivity contribution < 1.29 is 42.4 Å². The first-order valence-corrected chi connectivity index (χ1v) is 29.0. The van der Waals surface area contributed by atoms with Gasteiger partial charge < -0.3 is 81.5 Å². The second-order valence-electron chi connectivity index (χ2n) is 21.0. The molecule has 5 aliphatic heterocycles. The van der Waals surface area contributed by atoms with E-state index in [1.54, 1.807) is 41.4 Å². The van der Waals surface area contributed by atoms with Crippen molar-refractivity contribution in [2.75, 3.05) is 146 Å². The molecule has 3 aromatic carbocycles. The van der Waals surface area contributed by atoms with Gasteiger partial charge in [0, 0.05) is 100 Å². The number of aromatic nitrogens is 13. The van der Waals surface area contributed by atoms with Crippen LogP contribution in [0.4, 0.5) is 78.7 Å². The topological polar surface area (TPSA) is 354 Å². The summed E-state index contributed by atoms with van der Waals surface area (Å²) in [5.41, 5.74) is 22.8. The largest absolute Gasteiger partial charge is 0.586 e. The van der Waals surface area contributed by atoms with Crippen LogP contribution in [-0.2, 0) is 14.2 Å². The van der Waals surface area contributed by atoms with E-state index in [9.17, 15) is 18.7 Å². The molecule has 1 atom stereocenters. The van der Waals surface area contributed by atoms with E-state index in [1.165, 1.54) is 44.8 Å². The van der Waals surface area contributed by atoms with Gasteiger partial charge in [-0.3, -0.25) is 4.79 Å². The first-order chi connectivity index (χ1) is 43.9. The average molecular weight is 1230 g/mol. The Morgan fingerprint density at radius 1 is 0.578 bits per heavy atom. The highest BCUT2D eigenvalue weighted by Gasteiger charge is 2.44. The molecule has 0 unspecified atom stereocenters. The number of ether oxygens (including phenoxy) is 5. The number of carbonyl (C=O) groups excluding carboxylic acids is 1. The van der Waals surface area contributed by atoms with Crippen LogP contribution in [-0.4, -0.2) is 185 Å². The van der Waals surface area contributed by atoms with Gasteiger partial charge in [0.15, 0.2) is 29.0 Å². The number of nitrogens with zero attached hydrogens (tertiary/aromatic N) is 17. The Balaban J connectivity index is 0.000000133. The number of nitrogen functional groups attached to an aromatic ring is 3. The minimum absolute atomic E-state index is 0.0632. The number of carbonyl (C=O) groups is 1. The van der Waals surface area contributed by atoms with Crippen LogP contribution >= 0.6 is 0 Å². The number of alkyl halides is 2. The average Bonchev–Trinajstić information content (AvgIpc) is 1.81. The second-order valence-corrected chi connectivity index (χ2v) is 21.0. The molecule has 5 aliphatic rings. The molecule has 1 amide bonds. The van der Waals surface area contributed by atoms with E-state index in [1.807, 2.05) is 30.3 Å². The summed E-state index contributed by atoms with van der Waals surface area (Å²) < 4.78 is 55.7. The molecule has 468 valence electrons. The number of nitrogens with two attached hydrogens (primary N) is 3. The molecule has 0 spiro atoms. The number of fused-ring (bicyclic) bond motifs is 1. The summed E-state index contributed by atoms with van der Waals surface area (Å²) in [6.45, 7) is 10.7. The molecule has 11 heterocycles. The molecule has 6 aromatic heterocycles. The highest BCUT2D eigenvalue weighted by Crippen LogP contribution is 2.46. The number of benzene rings is 3. The summed E-state index contributed by atoms with van der Waals surface area (Å²) in [5, 5.41) is 31.8. The fraction of sp³-hybridized carbons (Fsp3) is 0.328. The Labute approximate surface area is 513 Å². The van der Waals surface area contributed by atoms with Gasteiger partial charge in [-0.15, -0.1) is 24.1 Å². The summed E-state index contributed by atoms with van der Waals surface area (Å²) in [5.74, 6) is 3.66. The number of anilines is 12. The minimum Gasteiger partial charge on any atom is -0.396 e. The maximum atomic E-state index is 13.2. The van der Waals surface area contributed by atoms with Crippen molar-refractivity contribution in [1.82, 2.24) is 69.1 Å². The first kappa shape index (κ1) is 59.7. The Bertz CT molecular complexity index is 3840. The van der Waals surface area contributed by atoms with E-state index < -0.39 is 6.29 Å². The number of amides is 1. The minimum atomic E-state index is -3.71. The van der Waals surface area contributed by atoms with Crippen LogP contribution in [0.1, 0.15) is 23.2 Å². The molecule has 32 heteroatoms. The quantitative estimate of drug-likeness (QED) is 0.0750. The number of pyridine rings is 2. The van der Waals surface area contributed by atoms with Crippen LogP contribution in [0.15, 0.2) is 122 Å². The lowest BCUT2D eigenvalue weighted by molar-refractivity contribution is -0.286. The molecule has 0 saturated carbocycles. The lowest BCUT2D eigenvalue weighted by Gasteiger charge is -2.32. The van der Waals surface area contributed by atoms with Gasteiger partial charge in [0.25, 0.3) is 5.91 Å². The normalized spacial score (nSPS) is 16.9. The van der Waals surface area contributed by atoms with Crippen LogP contribution in [0.3, 0.4) is 0 Å². The van der Waals surface area contributed by atoms with Crippen LogP contribution in [0.2, 0.25) is 0 Å². The molecule has 90 heavy (non-hydrogen) atoms. The first-order valence-electron chi connectivity index (χ1n) is 29.0. The number of rotatable bonds is 14. The third kappa shape index (κ3) is 14.4. The highest BCUT2D eigenvalue weighted by atomic mass is 19.3. The molecule has 0 bridgehead atoms. The molecule has 10 N–H and O–H groups in total. The molecular formula is C58H65F2N23O7. The smallest absolute Gasteiger partial charge is 0.396 e. The Kier molecular flexibility index (Phi) is 18.1. The predicted octanol–water partition coefficient (Wildman–Crippen LogP) is 5.04. The highest BCUT2D eigenvalue weighted by molar-refractivity contribution is 5.94. The summed E-state index contributed by atoms with van der Waals surface area (Å²) in [7, 11) is 0. The number of piperidine rings is 1. The maximum absolute atomic E-state index is 13.2. The van der Waals surface area contributed by atoms with Gasteiger partial charge >= 0.3 is 6.29 Å². The van der Waals surface area contributed by atoms with Gasteiger partial charge in [-0.05, 0) is 104 Å². The van der Waals surface area contributed by atoms with Crippen molar-refractivity contribution in [1.29, 1.82) is 0 Å². The summed E-state index contributed by atoms with van der Waals surface area (Å²) in [4.78, 5) is 51.0. The second kappa shape index (κ2) is 27.2. The van der Waals surface area contributed by atoms with Crippen molar-refractivity contribution >= 4 is 75.9 Å². The zero-order valence-electron chi connectivity index (χ0n) is 48.6. The molecule has 9 aromatic rings. The number of aliphatic hydroxyl groups excluding tert-OH is 1. The van der Waals surface area contributed by atoms with Gasteiger partial charge in [0.2, 0.25) is 35.7 Å². The summed E-state index contributed by atoms with van der Waals surface area (Å²) in [6, 6.07) is 31.1. The third-order valence-electron chi connectivity index (χ3n) is 14.9. The predicted molar refractivity (Wildman–Crippen MR) is 329 cm³/mol. The SMILES string of the molecule is Nc1nc(Nc2ccc(N3CCOCC3)cc2)nn1-c1cc(N2CCC[C@@H](CO)C2)ncn1.Nc1nc(Nc2ccc(N3CCOCC3)cc2)nn1-c1ccc(C(=O)N2CCOCC2)cn1.Nc1nc(Nc2cccc3c2OC(F)(F)O3)nn1-c1ccccn1. The van der Waals surface area contributed by atoms with Crippen molar-refractivity contribution in [3.63, 3.8) is 0 Å². The van der Waals surface area contributed by atoms with Crippen molar-refractivity contribution in [2.45, 2.75) is 19.1 Å². The van der Waals surface area contributed by atoms with Gasteiger partial charge in [-0.2, -0.15) is 29.0 Å². The third-order valence-corrected chi connectivity index (χ3v) is 14.9. The van der Waals surface area contributed by atoms with Gasteiger partial charge in [-0.25, -0.2) is 19.9 Å². The van der Waals surface area contributed by atoms with Gasteiger partial charge in [0.1, 0.15) is 12.1 Å². The lowest BCUT2D eigenvalue weighted by Crippen LogP contribution is -2.40. The number of aliphatic hydroxyl groups is 1. The number of halogens is 2. The maximum Gasteiger partial charge on any atom is 0.586 e. The van der Waals surface area contributed by atoms with E-state index >= 15 is 0 Å². The Hall–Kier alpha value is -10.6. The molecule has 4 saturated heterocycles. The molecule has 0 radical (unpaired) electrons. The number of morpholine rings is 3. The molecular weight excluding hydrogens is 1170 g/mol. The number of para-hydroxylation sites is 1. The summed E-state index contributed by atoms with van der Waals surface area (Å²) in [6.07, 6.45) is 2.97. The molecule has 30 nitrogen and oxygen atoms in total. The molecule has 0 aliphatic carbocycles. The zero-order chi connectivity index (χ0) is 62.0. The molecule has 4 fully saturated rings. The van der Waals surface area contributed by atoms with Gasteiger partial charge in [-0.1, -0.05) is 12.1 Å². The van der Waals surface area contributed by atoms with E-state index in [0.717, 1.165) is 107 Å². The summed E-state index contributed by atoms with van der Waals surface area (Å²) >= 11 is 0. The van der Waals surface area contributed by atoms with Crippen molar-refractivity contribution in [3.8, 4) is 29.0 Å². The van der Waals surface area contributed by atoms with Crippen LogP contribution in [0.5, 0.6) is 11.5 Å². The van der Waals surface area contributed by atoms with Crippen LogP contribution in [0.25, 0.3) is 17.5 Å². The van der Waals surface area contributed by atoms with Crippen LogP contribution < -0.4 is 57.3 Å².